The van der Waals surface area contributed by atoms with Crippen molar-refractivity contribution in [3.05, 3.63) is 242 Å². The van der Waals surface area contributed by atoms with E-state index in [2.05, 4.69) is 130 Å². The van der Waals surface area contributed by atoms with E-state index in [0.717, 1.165) is 111 Å². The minimum atomic E-state index is -0.277. The molecule has 0 spiro atoms. The van der Waals surface area contributed by atoms with E-state index in [1.54, 1.807) is 48.5 Å². The van der Waals surface area contributed by atoms with Crippen molar-refractivity contribution in [3.8, 4) is 67.0 Å². The van der Waals surface area contributed by atoms with E-state index in [1.165, 1.54) is 48.5 Å². The smallest absolute Gasteiger partial charge is 0.123 e. The lowest BCUT2D eigenvalue weighted by molar-refractivity contribution is 0.627. The highest BCUT2D eigenvalue weighted by Gasteiger charge is 2.18. The van der Waals surface area contributed by atoms with E-state index in [-0.39, 0.29) is 23.3 Å². The summed E-state index contributed by atoms with van der Waals surface area (Å²) in [6.45, 7) is 8.00. The first-order chi connectivity index (χ1) is 34.3. The van der Waals surface area contributed by atoms with Crippen molar-refractivity contribution in [1.82, 2.24) is 9.13 Å². The summed E-state index contributed by atoms with van der Waals surface area (Å²) >= 11 is 0. The molecule has 0 saturated carbocycles. The van der Waals surface area contributed by atoms with Crippen LogP contribution in [0.25, 0.3) is 111 Å². The average Bonchev–Trinajstić information content (AvgIpc) is 3.92. The molecule has 0 radical (unpaired) electrons. The molecule has 0 bridgehead atoms. The van der Waals surface area contributed by atoms with Gasteiger partial charge in [0, 0.05) is 32.9 Å². The Hall–Kier alpha value is -8.48. The number of nitrogens with zero attached hydrogens (tertiary/aromatic N) is 2. The predicted octanol–water partition coefficient (Wildman–Crippen LogP) is 18.8. The molecule has 0 N–H and O–H groups in total. The summed E-state index contributed by atoms with van der Waals surface area (Å²) in [6, 6.07) is 68.9. The first-order valence-corrected chi connectivity index (χ1v) is 23.7. The number of hydrogen-bond donors (Lipinski definition) is 0. The maximum atomic E-state index is 13.9. The van der Waals surface area contributed by atoms with E-state index in [9.17, 15) is 17.6 Å². The van der Waals surface area contributed by atoms with Gasteiger partial charge in [0.1, 0.15) is 23.3 Å². The monoisotopic (exact) mass is 920 g/mol. The Morgan fingerprint density at radius 3 is 0.600 bits per heavy atom. The summed E-state index contributed by atoms with van der Waals surface area (Å²) in [5.74, 6) is -1.11. The molecule has 0 amide bonds. The second-order valence-corrected chi connectivity index (χ2v) is 16.7. The van der Waals surface area contributed by atoms with E-state index < -0.39 is 0 Å². The van der Waals surface area contributed by atoms with Gasteiger partial charge in [-0.05, 0) is 177 Å². The third-order valence-electron chi connectivity index (χ3n) is 12.8. The van der Waals surface area contributed by atoms with Gasteiger partial charge in [0.25, 0.3) is 0 Å². The molecule has 0 unspecified atom stereocenters. The van der Waals surface area contributed by atoms with Crippen LogP contribution in [-0.4, -0.2) is 9.13 Å². The van der Waals surface area contributed by atoms with Gasteiger partial charge in [-0.3, -0.25) is 0 Å². The molecule has 6 heteroatoms. The highest BCUT2D eigenvalue weighted by Crippen LogP contribution is 2.40. The van der Waals surface area contributed by atoms with Gasteiger partial charge in [-0.25, -0.2) is 17.6 Å². The minimum absolute atomic E-state index is 0.277. The molecular weight excluding hydrogens is 873 g/mol. The second kappa shape index (κ2) is 19.3. The fraction of sp³-hybridized carbons (Fsp3) is 0.0625. The molecule has 2 heterocycles. The third-order valence-corrected chi connectivity index (χ3v) is 12.8. The van der Waals surface area contributed by atoms with Gasteiger partial charge >= 0.3 is 0 Å². The molecule has 10 aromatic carbocycles. The van der Waals surface area contributed by atoms with Crippen molar-refractivity contribution in [2.24, 2.45) is 0 Å². The quantitative estimate of drug-likeness (QED) is 0.141. The van der Waals surface area contributed by atoms with Crippen molar-refractivity contribution in [2.75, 3.05) is 0 Å². The normalized spacial score (nSPS) is 11.1. The molecule has 342 valence electrons. The van der Waals surface area contributed by atoms with E-state index in [1.807, 2.05) is 27.7 Å². The standard InChI is InChI=1S/C60H36F4N2.2C2H6/c61-47-17-1-39(2-18-47)43-13-29-57-53(33-43)54-34-44(40-3-19-48(62)20-4-40)14-30-58(54)65(57)51-25-9-37(10-26-51)38-11-27-52(28-12-38)66-59-31-15-45(41-5-21-49(63)22-6-41)35-55(59)56-36-46(16-32-60(56)66)42-7-23-50(64)24-8-42;2*1-2/h1-36H;2*1-2H3. The maximum Gasteiger partial charge on any atom is 0.123 e. The van der Waals surface area contributed by atoms with Crippen molar-refractivity contribution >= 4 is 43.6 Å². The summed E-state index contributed by atoms with van der Waals surface area (Å²) in [5, 5.41) is 4.22. The van der Waals surface area contributed by atoms with Crippen LogP contribution in [0.1, 0.15) is 27.7 Å². The molecule has 0 aliphatic carbocycles. The molecule has 0 fully saturated rings. The SMILES string of the molecule is CC.CC.Fc1ccc(-c2ccc3c(c2)c2cc(-c4ccc(F)cc4)ccc2n3-c2ccc(-c3ccc(-n4c5ccc(-c6ccc(F)cc6)cc5c5cc(-c6ccc(F)cc6)ccc54)cc3)cc2)cc1. The van der Waals surface area contributed by atoms with Crippen molar-refractivity contribution in [3.63, 3.8) is 0 Å². The maximum absolute atomic E-state index is 13.9. The van der Waals surface area contributed by atoms with Crippen LogP contribution in [0.2, 0.25) is 0 Å². The number of aromatic nitrogens is 2. The summed E-state index contributed by atoms with van der Waals surface area (Å²) in [5.41, 5.74) is 15.9. The number of hydrogen-bond acceptors (Lipinski definition) is 0. The van der Waals surface area contributed by atoms with Crippen molar-refractivity contribution in [2.45, 2.75) is 27.7 Å². The summed E-state index contributed by atoms with van der Waals surface area (Å²) in [4.78, 5) is 0. The van der Waals surface area contributed by atoms with Gasteiger partial charge in [0.2, 0.25) is 0 Å². The second-order valence-electron chi connectivity index (χ2n) is 16.7. The molecule has 12 aromatic rings. The highest BCUT2D eigenvalue weighted by atomic mass is 19.1. The van der Waals surface area contributed by atoms with Gasteiger partial charge < -0.3 is 9.13 Å². The molecule has 0 aliphatic heterocycles. The number of benzene rings is 10. The topological polar surface area (TPSA) is 9.86 Å². The van der Waals surface area contributed by atoms with E-state index in [0.29, 0.717) is 0 Å². The van der Waals surface area contributed by atoms with E-state index in [4.69, 9.17) is 0 Å². The zero-order valence-corrected chi connectivity index (χ0v) is 39.2. The van der Waals surface area contributed by atoms with Gasteiger partial charge in [0.05, 0.1) is 22.1 Å². The van der Waals surface area contributed by atoms with Crippen LogP contribution in [-0.2, 0) is 0 Å². The van der Waals surface area contributed by atoms with E-state index >= 15 is 0 Å². The first-order valence-electron chi connectivity index (χ1n) is 23.7. The molecule has 2 aromatic heterocycles. The van der Waals surface area contributed by atoms with Crippen LogP contribution in [0, 0.1) is 23.3 Å². The fourth-order valence-electron chi connectivity index (χ4n) is 9.50. The molecule has 0 aliphatic rings. The number of rotatable bonds is 7. The largest absolute Gasteiger partial charge is 0.309 e. The lowest BCUT2D eigenvalue weighted by Gasteiger charge is -2.12. The lowest BCUT2D eigenvalue weighted by atomic mass is 10.0. The molecular formula is C64H48F4N2. The van der Waals surface area contributed by atoms with Crippen LogP contribution in [0.3, 0.4) is 0 Å². The molecule has 2 nitrogen and oxygen atoms in total. The minimum Gasteiger partial charge on any atom is -0.309 e. The Bertz CT molecular complexity index is 3330. The third kappa shape index (κ3) is 8.43. The van der Waals surface area contributed by atoms with Crippen molar-refractivity contribution < 1.29 is 17.6 Å². The van der Waals surface area contributed by atoms with Gasteiger partial charge in [-0.2, -0.15) is 0 Å². The molecule has 12 rings (SSSR count). The number of fused-ring (bicyclic) bond motifs is 6. The summed E-state index contributed by atoms with van der Waals surface area (Å²) in [6.07, 6.45) is 0. The highest BCUT2D eigenvalue weighted by molar-refractivity contribution is 6.13. The first kappa shape index (κ1) is 45.3. The Morgan fingerprint density at radius 1 is 0.214 bits per heavy atom. The van der Waals surface area contributed by atoms with Crippen LogP contribution in [0.5, 0.6) is 0 Å². The van der Waals surface area contributed by atoms with Crippen LogP contribution in [0.4, 0.5) is 17.6 Å². The average molecular weight is 921 g/mol. The van der Waals surface area contributed by atoms with Gasteiger partial charge in [0.15, 0.2) is 0 Å². The van der Waals surface area contributed by atoms with Crippen LogP contribution in [0.15, 0.2) is 218 Å². The van der Waals surface area contributed by atoms with Crippen LogP contribution >= 0.6 is 0 Å². The summed E-state index contributed by atoms with van der Waals surface area (Å²) < 4.78 is 60.1. The zero-order chi connectivity index (χ0) is 48.5. The Labute approximate surface area is 405 Å². The number of halogens is 4. The molecule has 0 saturated heterocycles. The predicted molar refractivity (Wildman–Crippen MR) is 285 cm³/mol. The summed E-state index contributed by atoms with van der Waals surface area (Å²) in [7, 11) is 0. The Balaban J connectivity index is 0.00000138. The van der Waals surface area contributed by atoms with Crippen LogP contribution < -0.4 is 0 Å². The lowest BCUT2D eigenvalue weighted by Crippen LogP contribution is -1.95. The molecule has 0 atom stereocenters. The van der Waals surface area contributed by atoms with Gasteiger partial charge in [-0.1, -0.05) is 125 Å². The van der Waals surface area contributed by atoms with Gasteiger partial charge in [-0.15, -0.1) is 0 Å². The Kier molecular flexibility index (Phi) is 12.5. The fourth-order valence-corrected chi connectivity index (χ4v) is 9.50. The Morgan fingerprint density at radius 2 is 0.386 bits per heavy atom. The van der Waals surface area contributed by atoms with Crippen molar-refractivity contribution in [1.29, 1.82) is 0 Å². The zero-order valence-electron chi connectivity index (χ0n) is 39.2. The molecule has 70 heavy (non-hydrogen) atoms.